The van der Waals surface area contributed by atoms with E-state index in [1.54, 1.807) is 0 Å². The van der Waals surface area contributed by atoms with E-state index in [0.717, 1.165) is 24.1 Å². The summed E-state index contributed by atoms with van der Waals surface area (Å²) in [7, 11) is 0. The van der Waals surface area contributed by atoms with Crippen molar-refractivity contribution in [2.24, 2.45) is 4.99 Å². The van der Waals surface area contributed by atoms with E-state index in [1.807, 2.05) is 6.08 Å². The average Bonchev–Trinajstić information content (AvgIpc) is 2.26. The van der Waals surface area contributed by atoms with Crippen LogP contribution in [0.15, 0.2) is 23.7 Å². The Kier molecular flexibility index (Phi) is 3.63. The predicted molar refractivity (Wildman–Crippen MR) is 64.5 cm³/mol. The molecule has 0 N–H and O–H groups in total. The Morgan fingerprint density at radius 1 is 1.21 bits per heavy atom. The minimum atomic E-state index is 0.939. The van der Waals surface area contributed by atoms with Gasteiger partial charge in [0.15, 0.2) is 0 Å². The fraction of sp³-hybridized carbons (Fsp3) is 0.308. The average molecular weight is 187 g/mol. The van der Waals surface area contributed by atoms with Crippen molar-refractivity contribution in [2.45, 2.75) is 26.7 Å². The Morgan fingerprint density at radius 3 is 2.21 bits per heavy atom. The first-order valence-electron chi connectivity index (χ1n) is 5.01. The van der Waals surface area contributed by atoms with Crippen molar-refractivity contribution in [3.63, 3.8) is 0 Å². The van der Waals surface area contributed by atoms with Crippen LogP contribution >= 0.6 is 0 Å². The van der Waals surface area contributed by atoms with Crippen LogP contribution in [0.4, 0.5) is 5.69 Å². The zero-order chi connectivity index (χ0) is 10.6. The molecule has 0 saturated heterocycles. The maximum atomic E-state index is 4.00. The Hall–Kier alpha value is -1.37. The van der Waals surface area contributed by atoms with Crippen LogP contribution in [0.25, 0.3) is 6.08 Å². The summed E-state index contributed by atoms with van der Waals surface area (Å²) >= 11 is 0. The lowest BCUT2D eigenvalue weighted by molar-refractivity contribution is 1.04. The molecule has 0 spiro atoms. The normalized spacial score (nSPS) is 9.86. The molecule has 1 aromatic carbocycles. The minimum Gasteiger partial charge on any atom is -0.264 e. The van der Waals surface area contributed by atoms with Crippen LogP contribution < -0.4 is 0 Å². The number of hydrogen-bond donors (Lipinski definition) is 0. The minimum absolute atomic E-state index is 0.939. The smallest absolute Gasteiger partial charge is 0.0697 e. The van der Waals surface area contributed by atoms with Crippen LogP contribution in [0.1, 0.15) is 30.5 Å². The largest absolute Gasteiger partial charge is 0.264 e. The first kappa shape index (κ1) is 10.7. The number of aliphatic imine (C=N–C) groups is 1. The molecule has 0 heterocycles. The molecule has 74 valence electrons. The highest BCUT2D eigenvalue weighted by molar-refractivity contribution is 5.67. The van der Waals surface area contributed by atoms with Crippen LogP contribution in [-0.4, -0.2) is 6.72 Å². The Morgan fingerprint density at radius 2 is 1.79 bits per heavy atom. The summed E-state index contributed by atoms with van der Waals surface area (Å²) in [5.41, 5.74) is 4.76. The molecule has 1 aromatic rings. The van der Waals surface area contributed by atoms with Gasteiger partial charge in [-0.15, -0.1) is 0 Å². The van der Waals surface area contributed by atoms with Crippen LogP contribution in [0.2, 0.25) is 0 Å². The Balaban J connectivity index is 3.34. The van der Waals surface area contributed by atoms with E-state index in [0.29, 0.717) is 0 Å². The van der Waals surface area contributed by atoms with Gasteiger partial charge < -0.3 is 0 Å². The van der Waals surface area contributed by atoms with Gasteiger partial charge in [-0.2, -0.15) is 0 Å². The fourth-order valence-corrected chi connectivity index (χ4v) is 1.65. The number of nitrogens with zero attached hydrogens (tertiary/aromatic N) is 1. The highest BCUT2D eigenvalue weighted by Gasteiger charge is 2.04. The predicted octanol–water partition coefficient (Wildman–Crippen LogP) is 3.79. The van der Waals surface area contributed by atoms with E-state index in [2.05, 4.69) is 44.3 Å². The molecule has 0 fully saturated rings. The van der Waals surface area contributed by atoms with Crippen LogP contribution in [0.5, 0.6) is 0 Å². The van der Waals surface area contributed by atoms with Crippen LogP contribution in [0.3, 0.4) is 0 Å². The molecule has 0 unspecified atom stereocenters. The molecule has 0 aliphatic rings. The SMILES string of the molecule is C=Cc1cc(CC)c(CC)cc1N=C. The molecule has 14 heavy (non-hydrogen) atoms. The van der Waals surface area contributed by atoms with Crippen molar-refractivity contribution in [1.29, 1.82) is 0 Å². The quantitative estimate of drug-likeness (QED) is 0.636. The standard InChI is InChI=1S/C13H17N/c1-5-10-8-12(7-3)13(14-4)9-11(10)6-2/h7-9H,3-6H2,1-2H3. The lowest BCUT2D eigenvalue weighted by atomic mass is 9.98. The first-order chi connectivity index (χ1) is 6.76. The number of hydrogen-bond acceptors (Lipinski definition) is 1. The summed E-state index contributed by atoms with van der Waals surface area (Å²) in [6.07, 6.45) is 3.94. The van der Waals surface area contributed by atoms with Gasteiger partial charge in [-0.05, 0) is 48.4 Å². The van der Waals surface area contributed by atoms with E-state index in [9.17, 15) is 0 Å². The van der Waals surface area contributed by atoms with Crippen molar-refractivity contribution in [1.82, 2.24) is 0 Å². The second-order valence-electron chi connectivity index (χ2n) is 3.25. The molecule has 1 rings (SSSR count). The Labute approximate surface area is 86.2 Å². The fourth-order valence-electron chi connectivity index (χ4n) is 1.65. The summed E-state index contributed by atoms with van der Waals surface area (Å²) in [5.74, 6) is 0. The van der Waals surface area contributed by atoms with Gasteiger partial charge in [0.25, 0.3) is 0 Å². The van der Waals surface area contributed by atoms with Gasteiger partial charge >= 0.3 is 0 Å². The molecule has 1 nitrogen and oxygen atoms in total. The number of aryl methyl sites for hydroxylation is 2. The van der Waals surface area contributed by atoms with Crippen molar-refractivity contribution in [3.05, 3.63) is 35.4 Å². The van der Waals surface area contributed by atoms with Gasteiger partial charge in [0.1, 0.15) is 0 Å². The summed E-state index contributed by atoms with van der Waals surface area (Å²) < 4.78 is 0. The van der Waals surface area contributed by atoms with Gasteiger partial charge in [0, 0.05) is 0 Å². The van der Waals surface area contributed by atoms with Gasteiger partial charge in [0.2, 0.25) is 0 Å². The summed E-state index contributed by atoms with van der Waals surface area (Å²) in [6, 6.07) is 4.28. The lowest BCUT2D eigenvalue weighted by Gasteiger charge is -2.09. The molecule has 0 aromatic heterocycles. The molecule has 0 atom stereocenters. The molecule has 0 bridgehead atoms. The maximum Gasteiger partial charge on any atom is 0.0697 e. The van der Waals surface area contributed by atoms with Gasteiger partial charge in [-0.1, -0.05) is 26.5 Å². The molecule has 0 aliphatic heterocycles. The molecule has 1 heteroatoms. The molecular formula is C13H17N. The monoisotopic (exact) mass is 187 g/mol. The third-order valence-corrected chi connectivity index (χ3v) is 2.50. The highest BCUT2D eigenvalue weighted by Crippen LogP contribution is 2.25. The van der Waals surface area contributed by atoms with Crippen LogP contribution in [0, 0.1) is 0 Å². The second-order valence-corrected chi connectivity index (χ2v) is 3.25. The van der Waals surface area contributed by atoms with E-state index >= 15 is 0 Å². The topological polar surface area (TPSA) is 12.4 Å². The van der Waals surface area contributed by atoms with Gasteiger partial charge in [-0.3, -0.25) is 4.99 Å². The zero-order valence-electron chi connectivity index (χ0n) is 9.01. The highest BCUT2D eigenvalue weighted by atomic mass is 14.7. The third-order valence-electron chi connectivity index (χ3n) is 2.50. The van der Waals surface area contributed by atoms with Crippen molar-refractivity contribution >= 4 is 18.5 Å². The van der Waals surface area contributed by atoms with E-state index in [1.165, 1.54) is 11.1 Å². The van der Waals surface area contributed by atoms with E-state index in [4.69, 9.17) is 0 Å². The molecule has 0 saturated carbocycles. The molecular weight excluding hydrogens is 170 g/mol. The molecule has 0 aliphatic carbocycles. The van der Waals surface area contributed by atoms with Crippen molar-refractivity contribution in [3.8, 4) is 0 Å². The summed E-state index contributed by atoms with van der Waals surface area (Å²) in [5, 5.41) is 0. The maximum absolute atomic E-state index is 4.00. The third kappa shape index (κ3) is 1.92. The van der Waals surface area contributed by atoms with E-state index < -0.39 is 0 Å². The van der Waals surface area contributed by atoms with Gasteiger partial charge in [-0.25, -0.2) is 0 Å². The van der Waals surface area contributed by atoms with Gasteiger partial charge in [0.05, 0.1) is 5.69 Å². The Bertz CT molecular complexity index is 315. The van der Waals surface area contributed by atoms with Crippen LogP contribution in [-0.2, 0) is 12.8 Å². The van der Waals surface area contributed by atoms with Crippen molar-refractivity contribution < 1.29 is 0 Å². The summed E-state index contributed by atoms with van der Waals surface area (Å²) in [6.45, 7) is 11.7. The first-order valence-corrected chi connectivity index (χ1v) is 5.01. The molecule has 0 radical (unpaired) electrons. The molecule has 0 amide bonds. The number of benzene rings is 1. The summed E-state index contributed by atoms with van der Waals surface area (Å²) in [4.78, 5) is 4.00. The second kappa shape index (κ2) is 4.75. The van der Waals surface area contributed by atoms with E-state index in [-0.39, 0.29) is 0 Å². The number of rotatable bonds is 4. The van der Waals surface area contributed by atoms with Crippen molar-refractivity contribution in [2.75, 3.05) is 0 Å². The lowest BCUT2D eigenvalue weighted by Crippen LogP contribution is -1.92. The zero-order valence-corrected chi connectivity index (χ0v) is 9.01.